The molecule has 0 saturated carbocycles. The molecule has 1 aromatic carbocycles. The molecular weight excluding hydrogens is 348 g/mol. The van der Waals surface area contributed by atoms with Crippen LogP contribution < -0.4 is 0 Å². The predicted molar refractivity (Wildman–Crippen MR) is 88.2 cm³/mol. The third-order valence-electron chi connectivity index (χ3n) is 4.02. The van der Waals surface area contributed by atoms with Crippen LogP contribution in [0.1, 0.15) is 10.4 Å². The second-order valence-corrected chi connectivity index (χ2v) is 6.15. The molecule has 0 aliphatic carbocycles. The number of rotatable bonds is 4. The molecule has 1 aliphatic heterocycles. The fraction of sp³-hybridized carbons (Fsp3) is 0.438. The van der Waals surface area contributed by atoms with Gasteiger partial charge < -0.3 is 14.0 Å². The summed E-state index contributed by atoms with van der Waals surface area (Å²) in [4.78, 5) is 14.0. The van der Waals surface area contributed by atoms with Crippen molar-refractivity contribution in [2.24, 2.45) is 0 Å². The quantitative estimate of drug-likeness (QED) is 0.779. The van der Waals surface area contributed by atoms with Crippen molar-refractivity contribution in [1.82, 2.24) is 9.47 Å². The van der Waals surface area contributed by atoms with Gasteiger partial charge in [0.15, 0.2) is 0 Å². The standard InChI is InChI=1S/C16H19BrN2O3/c1-21-16(20)12-2-3-14-13(10-12)11-15(17)19(14)5-4-18-6-8-22-9-7-18/h2-3,10-11H,4-9H2,1H3. The van der Waals surface area contributed by atoms with Crippen molar-refractivity contribution in [3.8, 4) is 0 Å². The molecule has 2 aromatic rings. The van der Waals surface area contributed by atoms with Crippen molar-refractivity contribution in [2.75, 3.05) is 40.0 Å². The van der Waals surface area contributed by atoms with Crippen LogP contribution in [0.5, 0.6) is 0 Å². The van der Waals surface area contributed by atoms with Crippen LogP contribution in [-0.2, 0) is 16.0 Å². The summed E-state index contributed by atoms with van der Waals surface area (Å²) in [6, 6.07) is 7.70. The molecule has 3 rings (SSSR count). The third-order valence-corrected chi connectivity index (χ3v) is 4.67. The van der Waals surface area contributed by atoms with Gasteiger partial charge in [-0.25, -0.2) is 4.79 Å². The van der Waals surface area contributed by atoms with Gasteiger partial charge >= 0.3 is 5.97 Å². The van der Waals surface area contributed by atoms with E-state index >= 15 is 0 Å². The molecule has 118 valence electrons. The van der Waals surface area contributed by atoms with E-state index in [1.165, 1.54) is 7.11 Å². The molecular formula is C16H19BrN2O3. The number of benzene rings is 1. The first-order valence-corrected chi connectivity index (χ1v) is 8.15. The average molecular weight is 367 g/mol. The number of carbonyl (C=O) groups is 1. The molecule has 22 heavy (non-hydrogen) atoms. The van der Waals surface area contributed by atoms with Crippen LogP contribution in [0.3, 0.4) is 0 Å². The Morgan fingerprint density at radius 3 is 2.77 bits per heavy atom. The number of aromatic nitrogens is 1. The summed E-state index contributed by atoms with van der Waals surface area (Å²) in [5, 5.41) is 1.04. The highest BCUT2D eigenvalue weighted by molar-refractivity contribution is 9.10. The number of nitrogens with zero attached hydrogens (tertiary/aromatic N) is 2. The minimum absolute atomic E-state index is 0.306. The van der Waals surface area contributed by atoms with Crippen molar-refractivity contribution < 1.29 is 14.3 Å². The van der Waals surface area contributed by atoms with Gasteiger partial charge in [0.2, 0.25) is 0 Å². The van der Waals surface area contributed by atoms with Gasteiger partial charge in [-0.3, -0.25) is 4.90 Å². The number of carbonyl (C=O) groups excluding carboxylic acids is 1. The molecule has 0 spiro atoms. The second kappa shape index (κ2) is 6.81. The lowest BCUT2D eigenvalue weighted by Crippen LogP contribution is -2.38. The van der Waals surface area contributed by atoms with Crippen molar-refractivity contribution in [3.05, 3.63) is 34.4 Å². The number of fused-ring (bicyclic) bond motifs is 1. The zero-order chi connectivity index (χ0) is 15.5. The SMILES string of the molecule is COC(=O)c1ccc2c(c1)cc(Br)n2CCN1CCOCC1. The van der Waals surface area contributed by atoms with Gasteiger partial charge in [0.1, 0.15) is 0 Å². The van der Waals surface area contributed by atoms with E-state index in [4.69, 9.17) is 9.47 Å². The van der Waals surface area contributed by atoms with Crippen molar-refractivity contribution in [3.63, 3.8) is 0 Å². The molecule has 1 saturated heterocycles. The number of morpholine rings is 1. The Labute approximate surface area is 137 Å². The lowest BCUT2D eigenvalue weighted by Gasteiger charge is -2.26. The maximum absolute atomic E-state index is 11.6. The van der Waals surface area contributed by atoms with E-state index < -0.39 is 0 Å². The van der Waals surface area contributed by atoms with E-state index in [2.05, 4.69) is 25.4 Å². The fourth-order valence-electron chi connectivity index (χ4n) is 2.78. The first kappa shape index (κ1) is 15.5. The summed E-state index contributed by atoms with van der Waals surface area (Å²) in [6.07, 6.45) is 0. The number of hydrogen-bond acceptors (Lipinski definition) is 4. The molecule has 2 heterocycles. The molecule has 0 atom stereocenters. The Kier molecular flexibility index (Phi) is 4.81. The predicted octanol–water partition coefficient (Wildman–Crippen LogP) is 2.52. The first-order valence-electron chi connectivity index (χ1n) is 7.36. The van der Waals surface area contributed by atoms with Gasteiger partial charge in [-0.15, -0.1) is 0 Å². The minimum atomic E-state index is -0.306. The van der Waals surface area contributed by atoms with Crippen LogP contribution >= 0.6 is 15.9 Å². The largest absolute Gasteiger partial charge is 0.465 e. The molecule has 0 amide bonds. The van der Waals surface area contributed by atoms with E-state index in [9.17, 15) is 4.79 Å². The highest BCUT2D eigenvalue weighted by atomic mass is 79.9. The van der Waals surface area contributed by atoms with Crippen LogP contribution in [0.4, 0.5) is 0 Å². The zero-order valence-electron chi connectivity index (χ0n) is 12.5. The Bertz CT molecular complexity index is 677. The van der Waals surface area contributed by atoms with E-state index in [0.717, 1.165) is 54.9 Å². The maximum Gasteiger partial charge on any atom is 0.337 e. The van der Waals surface area contributed by atoms with Gasteiger partial charge in [-0.05, 0) is 40.2 Å². The molecule has 0 unspecified atom stereocenters. The molecule has 5 nitrogen and oxygen atoms in total. The molecule has 0 bridgehead atoms. The summed E-state index contributed by atoms with van der Waals surface area (Å²) in [7, 11) is 1.40. The topological polar surface area (TPSA) is 43.7 Å². The van der Waals surface area contributed by atoms with Gasteiger partial charge in [0.05, 0.1) is 30.5 Å². The van der Waals surface area contributed by atoms with Gasteiger partial charge in [-0.1, -0.05) is 0 Å². The zero-order valence-corrected chi connectivity index (χ0v) is 14.1. The van der Waals surface area contributed by atoms with Gasteiger partial charge in [0.25, 0.3) is 0 Å². The Balaban J connectivity index is 1.80. The molecule has 1 aromatic heterocycles. The van der Waals surface area contributed by atoms with E-state index in [0.29, 0.717) is 5.56 Å². The minimum Gasteiger partial charge on any atom is -0.465 e. The third kappa shape index (κ3) is 3.19. The highest BCUT2D eigenvalue weighted by Crippen LogP contribution is 2.25. The summed E-state index contributed by atoms with van der Waals surface area (Å²) < 4.78 is 13.4. The average Bonchev–Trinajstić information content (AvgIpc) is 2.87. The van der Waals surface area contributed by atoms with Crippen LogP contribution in [0.2, 0.25) is 0 Å². The molecule has 1 aliphatic rings. The molecule has 0 N–H and O–H groups in total. The van der Waals surface area contributed by atoms with Gasteiger partial charge in [-0.2, -0.15) is 0 Å². The van der Waals surface area contributed by atoms with Crippen LogP contribution in [0.15, 0.2) is 28.9 Å². The number of esters is 1. The lowest BCUT2D eigenvalue weighted by molar-refractivity contribution is 0.0365. The maximum atomic E-state index is 11.6. The summed E-state index contributed by atoms with van der Waals surface area (Å²) in [6.45, 7) is 5.50. The Morgan fingerprint density at radius 2 is 2.05 bits per heavy atom. The Hall–Kier alpha value is -1.37. The summed E-state index contributed by atoms with van der Waals surface area (Å²) in [5.74, 6) is -0.306. The normalized spacial score (nSPS) is 16.1. The number of halogens is 1. The Morgan fingerprint density at radius 1 is 1.27 bits per heavy atom. The van der Waals surface area contributed by atoms with Crippen LogP contribution in [0, 0.1) is 0 Å². The van der Waals surface area contributed by atoms with E-state index in [-0.39, 0.29) is 5.97 Å². The van der Waals surface area contributed by atoms with Crippen LogP contribution in [-0.4, -0.2) is 55.4 Å². The summed E-state index contributed by atoms with van der Waals surface area (Å²) >= 11 is 3.62. The number of ether oxygens (including phenoxy) is 2. The molecule has 6 heteroatoms. The van der Waals surface area contributed by atoms with Crippen molar-refractivity contribution in [2.45, 2.75) is 6.54 Å². The van der Waals surface area contributed by atoms with Gasteiger partial charge in [0, 0.05) is 37.1 Å². The second-order valence-electron chi connectivity index (χ2n) is 5.34. The summed E-state index contributed by atoms with van der Waals surface area (Å²) in [5.41, 5.74) is 1.70. The smallest absolute Gasteiger partial charge is 0.337 e. The lowest BCUT2D eigenvalue weighted by atomic mass is 10.1. The molecule has 1 fully saturated rings. The number of methoxy groups -OCH3 is 1. The highest BCUT2D eigenvalue weighted by Gasteiger charge is 2.14. The first-order chi connectivity index (χ1) is 10.7. The monoisotopic (exact) mass is 366 g/mol. The van der Waals surface area contributed by atoms with Crippen molar-refractivity contribution in [1.29, 1.82) is 0 Å². The van der Waals surface area contributed by atoms with Crippen LogP contribution in [0.25, 0.3) is 10.9 Å². The fourth-order valence-corrected chi connectivity index (χ4v) is 3.39. The van der Waals surface area contributed by atoms with E-state index in [1.54, 1.807) is 0 Å². The number of hydrogen-bond donors (Lipinski definition) is 0. The molecule has 0 radical (unpaired) electrons. The van der Waals surface area contributed by atoms with E-state index in [1.807, 2.05) is 24.3 Å². The van der Waals surface area contributed by atoms with Crippen molar-refractivity contribution >= 4 is 32.8 Å².